The monoisotopic (exact) mass is 342 g/mol. The van der Waals surface area contributed by atoms with Crippen molar-refractivity contribution in [3.05, 3.63) is 41.3 Å². The molecule has 2 aromatic heterocycles. The molecular formula is C16H14N4O3S. The molecule has 0 aliphatic carbocycles. The number of hydrogen-bond acceptors (Lipinski definition) is 7. The van der Waals surface area contributed by atoms with Gasteiger partial charge in [-0.05, 0) is 24.6 Å². The third-order valence-electron chi connectivity index (χ3n) is 3.17. The number of nitrogens with zero attached hydrogens (tertiary/aromatic N) is 3. The van der Waals surface area contributed by atoms with Crippen LogP contribution in [0.5, 0.6) is 0 Å². The molecule has 1 amide bonds. The molecule has 0 fully saturated rings. The highest BCUT2D eigenvalue weighted by atomic mass is 32.2. The molecule has 0 saturated carbocycles. The number of rotatable bonds is 5. The molecule has 0 atom stereocenters. The van der Waals surface area contributed by atoms with E-state index in [1.807, 2.05) is 0 Å². The number of esters is 1. The average molecular weight is 342 g/mol. The molecule has 0 aliphatic heterocycles. The predicted octanol–water partition coefficient (Wildman–Crippen LogP) is 1.69. The molecule has 2 rings (SSSR count). The van der Waals surface area contributed by atoms with Gasteiger partial charge in [0.25, 0.3) is 0 Å². The van der Waals surface area contributed by atoms with Crippen molar-refractivity contribution >= 4 is 23.6 Å². The third-order valence-corrected chi connectivity index (χ3v) is 4.16. The van der Waals surface area contributed by atoms with Gasteiger partial charge in [0.05, 0.1) is 29.7 Å². The van der Waals surface area contributed by atoms with Crippen LogP contribution in [0, 0.1) is 18.3 Å². The molecule has 7 nitrogen and oxygen atoms in total. The lowest BCUT2D eigenvalue weighted by Gasteiger charge is -2.15. The van der Waals surface area contributed by atoms with Gasteiger partial charge in [0.1, 0.15) is 11.1 Å². The predicted molar refractivity (Wildman–Crippen MR) is 88.2 cm³/mol. The van der Waals surface area contributed by atoms with Crippen molar-refractivity contribution in [3.8, 4) is 17.2 Å². The zero-order valence-electron chi connectivity index (χ0n) is 13.1. The summed E-state index contributed by atoms with van der Waals surface area (Å²) in [6.45, 7) is 1.65. The highest BCUT2D eigenvalue weighted by molar-refractivity contribution is 8.00. The van der Waals surface area contributed by atoms with Crippen molar-refractivity contribution in [1.82, 2.24) is 9.97 Å². The summed E-state index contributed by atoms with van der Waals surface area (Å²) in [5.74, 6) is -1.13. The molecule has 8 heteroatoms. The molecule has 2 aromatic rings. The van der Waals surface area contributed by atoms with Crippen LogP contribution < -0.4 is 5.73 Å². The maximum atomic E-state index is 12.2. The Kier molecular flexibility index (Phi) is 5.50. The fourth-order valence-electron chi connectivity index (χ4n) is 2.18. The molecule has 0 aromatic carbocycles. The summed E-state index contributed by atoms with van der Waals surface area (Å²) in [5.41, 5.74) is 7.01. The Bertz CT molecular complexity index is 831. The number of aryl methyl sites for hydroxylation is 1. The van der Waals surface area contributed by atoms with Crippen LogP contribution in [0.25, 0.3) is 11.1 Å². The van der Waals surface area contributed by atoms with Crippen LogP contribution in [0.4, 0.5) is 0 Å². The maximum Gasteiger partial charge on any atom is 0.340 e. The van der Waals surface area contributed by atoms with Gasteiger partial charge in [-0.1, -0.05) is 11.8 Å². The second-order valence-corrected chi connectivity index (χ2v) is 5.69. The summed E-state index contributed by atoms with van der Waals surface area (Å²) in [7, 11) is 1.26. The van der Waals surface area contributed by atoms with Crippen molar-refractivity contribution in [2.45, 2.75) is 11.9 Å². The average Bonchev–Trinajstić information content (AvgIpc) is 2.59. The van der Waals surface area contributed by atoms with Crippen molar-refractivity contribution in [2.24, 2.45) is 5.73 Å². The molecule has 0 bridgehead atoms. The van der Waals surface area contributed by atoms with Crippen LogP contribution in [0.2, 0.25) is 0 Å². The minimum absolute atomic E-state index is 0.0194. The Labute approximate surface area is 142 Å². The van der Waals surface area contributed by atoms with E-state index in [9.17, 15) is 14.9 Å². The van der Waals surface area contributed by atoms with Gasteiger partial charge in [-0.2, -0.15) is 5.26 Å². The van der Waals surface area contributed by atoms with Crippen molar-refractivity contribution in [3.63, 3.8) is 0 Å². The number of amides is 1. The van der Waals surface area contributed by atoms with Crippen LogP contribution in [-0.2, 0) is 9.53 Å². The van der Waals surface area contributed by atoms with Gasteiger partial charge in [-0.25, -0.2) is 9.78 Å². The molecule has 0 radical (unpaired) electrons. The normalized spacial score (nSPS) is 10.0. The molecule has 0 spiro atoms. The fourth-order valence-corrected chi connectivity index (χ4v) is 2.96. The van der Waals surface area contributed by atoms with Crippen LogP contribution >= 0.6 is 11.8 Å². The molecule has 122 valence electrons. The zero-order chi connectivity index (χ0) is 17.7. The Morgan fingerprint density at radius 1 is 1.38 bits per heavy atom. The number of ether oxygens (including phenoxy) is 1. The summed E-state index contributed by atoms with van der Waals surface area (Å²) < 4.78 is 4.83. The van der Waals surface area contributed by atoms with E-state index in [4.69, 9.17) is 10.5 Å². The Balaban J connectivity index is 2.77. The van der Waals surface area contributed by atoms with Crippen molar-refractivity contribution in [2.75, 3.05) is 12.9 Å². The Morgan fingerprint density at radius 3 is 2.58 bits per heavy atom. The van der Waals surface area contributed by atoms with E-state index in [0.717, 1.165) is 11.8 Å². The van der Waals surface area contributed by atoms with Gasteiger partial charge in [-0.15, -0.1) is 0 Å². The number of primary amides is 1. The van der Waals surface area contributed by atoms with Gasteiger partial charge in [0, 0.05) is 18.0 Å². The van der Waals surface area contributed by atoms with E-state index in [2.05, 4.69) is 16.0 Å². The van der Waals surface area contributed by atoms with Gasteiger partial charge in [0.15, 0.2) is 0 Å². The molecule has 2 heterocycles. The summed E-state index contributed by atoms with van der Waals surface area (Å²) >= 11 is 1.05. The van der Waals surface area contributed by atoms with Gasteiger partial charge in [0.2, 0.25) is 5.91 Å². The largest absolute Gasteiger partial charge is 0.465 e. The van der Waals surface area contributed by atoms with Gasteiger partial charge in [-0.3, -0.25) is 9.78 Å². The highest BCUT2D eigenvalue weighted by Gasteiger charge is 2.24. The number of nitrogens with two attached hydrogens (primary N) is 1. The van der Waals surface area contributed by atoms with Crippen LogP contribution in [0.3, 0.4) is 0 Å². The maximum absolute atomic E-state index is 12.2. The minimum Gasteiger partial charge on any atom is -0.465 e. The van der Waals surface area contributed by atoms with E-state index in [-0.39, 0.29) is 16.9 Å². The third kappa shape index (κ3) is 3.52. The number of thioether (sulfide) groups is 1. The molecule has 0 saturated heterocycles. The summed E-state index contributed by atoms with van der Waals surface area (Å²) in [6.07, 6.45) is 3.12. The second kappa shape index (κ2) is 7.57. The topological polar surface area (TPSA) is 119 Å². The van der Waals surface area contributed by atoms with E-state index in [0.29, 0.717) is 21.8 Å². The van der Waals surface area contributed by atoms with Gasteiger partial charge < -0.3 is 10.5 Å². The smallest absolute Gasteiger partial charge is 0.340 e. The van der Waals surface area contributed by atoms with E-state index < -0.39 is 11.9 Å². The summed E-state index contributed by atoms with van der Waals surface area (Å²) in [6, 6.07) is 5.44. The lowest BCUT2D eigenvalue weighted by Crippen LogP contribution is -2.14. The number of pyridine rings is 2. The van der Waals surface area contributed by atoms with Crippen molar-refractivity contribution < 1.29 is 14.3 Å². The summed E-state index contributed by atoms with van der Waals surface area (Å²) in [4.78, 5) is 31.5. The van der Waals surface area contributed by atoms with E-state index >= 15 is 0 Å². The van der Waals surface area contributed by atoms with Gasteiger partial charge >= 0.3 is 5.97 Å². The van der Waals surface area contributed by atoms with Crippen LogP contribution in [0.1, 0.15) is 21.6 Å². The fraction of sp³-hybridized carbons (Fsp3) is 0.188. The lowest BCUT2D eigenvalue weighted by molar-refractivity contribution is -0.115. The number of aromatic nitrogens is 2. The summed E-state index contributed by atoms with van der Waals surface area (Å²) in [5, 5.41) is 9.95. The quantitative estimate of drug-likeness (QED) is 0.648. The first-order valence-electron chi connectivity index (χ1n) is 6.84. The van der Waals surface area contributed by atoms with Crippen molar-refractivity contribution in [1.29, 1.82) is 5.26 Å². The van der Waals surface area contributed by atoms with Crippen LogP contribution in [0.15, 0.2) is 29.6 Å². The highest BCUT2D eigenvalue weighted by Crippen LogP contribution is 2.34. The molecular weight excluding hydrogens is 328 g/mol. The van der Waals surface area contributed by atoms with E-state index in [1.54, 1.807) is 31.5 Å². The lowest BCUT2D eigenvalue weighted by atomic mass is 9.96. The Hall–Kier alpha value is -2.92. The first-order valence-corrected chi connectivity index (χ1v) is 7.82. The standard InChI is InChI=1S/C16H14N4O3S/c1-9-13(16(22)23-2)14(10-3-5-19-6-4-10)11(7-17)15(20-9)24-8-12(18)21/h3-6H,8H2,1-2H3,(H2,18,21). The molecule has 2 N–H and O–H groups in total. The minimum atomic E-state index is -0.588. The Morgan fingerprint density at radius 2 is 2.04 bits per heavy atom. The number of carbonyl (C=O) groups is 2. The SMILES string of the molecule is COC(=O)c1c(C)nc(SCC(N)=O)c(C#N)c1-c1ccncc1. The number of methoxy groups -OCH3 is 1. The first kappa shape index (κ1) is 17.4. The molecule has 24 heavy (non-hydrogen) atoms. The second-order valence-electron chi connectivity index (χ2n) is 4.72. The number of hydrogen-bond donors (Lipinski definition) is 1. The van der Waals surface area contributed by atoms with Crippen LogP contribution in [-0.4, -0.2) is 34.7 Å². The van der Waals surface area contributed by atoms with E-state index in [1.165, 1.54) is 7.11 Å². The zero-order valence-corrected chi connectivity index (χ0v) is 13.9. The number of carbonyl (C=O) groups excluding carboxylic acids is 2. The first-order chi connectivity index (χ1) is 11.5. The molecule has 0 aliphatic rings. The molecule has 0 unspecified atom stereocenters. The number of nitriles is 1.